The van der Waals surface area contributed by atoms with Crippen molar-refractivity contribution in [2.24, 2.45) is 0 Å². The number of carbonyl (C=O) groups is 3. The maximum absolute atomic E-state index is 12.9. The molecule has 0 saturated carbocycles. The molecule has 1 N–H and O–H groups in total. The van der Waals surface area contributed by atoms with Crippen LogP contribution in [-0.4, -0.2) is 48.8 Å². The van der Waals surface area contributed by atoms with E-state index in [-0.39, 0.29) is 23.7 Å². The van der Waals surface area contributed by atoms with Gasteiger partial charge in [0, 0.05) is 35.1 Å². The molecule has 1 atom stereocenters. The van der Waals surface area contributed by atoms with Crippen molar-refractivity contribution in [3.8, 4) is 11.3 Å². The number of hydrogen-bond acceptors (Lipinski definition) is 7. The van der Waals surface area contributed by atoms with Crippen molar-refractivity contribution in [2.45, 2.75) is 58.2 Å². The molecule has 2 aliphatic heterocycles. The van der Waals surface area contributed by atoms with E-state index in [1.165, 1.54) is 4.90 Å². The molecule has 0 aliphatic carbocycles. The summed E-state index contributed by atoms with van der Waals surface area (Å²) in [4.78, 5) is 38.1. The molecule has 1 fully saturated rings. The number of fused-ring (bicyclic) bond motifs is 1. The Hall–Kier alpha value is -3.82. The van der Waals surface area contributed by atoms with E-state index in [0.717, 1.165) is 22.4 Å². The normalized spacial score (nSPS) is 18.6. The number of imide groups is 1. The van der Waals surface area contributed by atoms with E-state index in [0.29, 0.717) is 30.8 Å². The zero-order chi connectivity index (χ0) is 23.3. The maximum Gasteiger partial charge on any atom is 0.255 e. The molecule has 0 bridgehead atoms. The topological polar surface area (TPSA) is 123 Å². The fourth-order valence-electron chi connectivity index (χ4n) is 4.40. The van der Waals surface area contributed by atoms with Gasteiger partial charge in [-0.05, 0) is 24.1 Å². The highest BCUT2D eigenvalue weighted by Crippen LogP contribution is 2.31. The van der Waals surface area contributed by atoms with E-state index in [1.54, 1.807) is 17.0 Å². The molecule has 3 aromatic rings. The smallest absolute Gasteiger partial charge is 0.255 e. The zero-order valence-electron chi connectivity index (χ0n) is 18.7. The van der Waals surface area contributed by atoms with Gasteiger partial charge in [0.25, 0.3) is 5.91 Å². The van der Waals surface area contributed by atoms with Crippen LogP contribution in [0.3, 0.4) is 0 Å². The van der Waals surface area contributed by atoms with Gasteiger partial charge in [-0.3, -0.25) is 19.7 Å². The minimum Gasteiger partial charge on any atom is -0.364 e. The predicted octanol–water partition coefficient (Wildman–Crippen LogP) is 2.04. The van der Waals surface area contributed by atoms with E-state index < -0.39 is 11.9 Å². The minimum atomic E-state index is -0.632. The Balaban J connectivity index is 1.35. The van der Waals surface area contributed by atoms with Crippen LogP contribution in [0.5, 0.6) is 0 Å². The molecule has 33 heavy (non-hydrogen) atoms. The van der Waals surface area contributed by atoms with Crippen LogP contribution in [-0.2, 0) is 28.1 Å². The molecule has 2 aliphatic rings. The summed E-state index contributed by atoms with van der Waals surface area (Å²) in [6.07, 6.45) is 4.04. The Bertz CT molecular complexity index is 1270. The second kappa shape index (κ2) is 7.65. The van der Waals surface area contributed by atoms with Crippen LogP contribution in [0, 0.1) is 0 Å². The van der Waals surface area contributed by atoms with Gasteiger partial charge in [0.1, 0.15) is 18.0 Å². The molecule has 1 saturated heterocycles. The molecule has 10 nitrogen and oxygen atoms in total. The van der Waals surface area contributed by atoms with E-state index in [9.17, 15) is 14.4 Å². The number of amides is 3. The van der Waals surface area contributed by atoms with Crippen LogP contribution in [0.1, 0.15) is 60.8 Å². The Morgan fingerprint density at radius 3 is 2.79 bits per heavy atom. The van der Waals surface area contributed by atoms with Gasteiger partial charge in [-0.15, -0.1) is 5.10 Å². The lowest BCUT2D eigenvalue weighted by molar-refractivity contribution is -0.136. The third-order valence-electron chi connectivity index (χ3n) is 6.04. The van der Waals surface area contributed by atoms with E-state index in [4.69, 9.17) is 4.52 Å². The lowest BCUT2D eigenvalue weighted by atomic mass is 9.89. The molecule has 5 rings (SSSR count). The van der Waals surface area contributed by atoms with E-state index in [1.807, 2.05) is 18.3 Å². The molecule has 1 aromatic carbocycles. The number of piperidine rings is 1. The SMILES string of the molecule is CC(C)(C)c1nocc1Cn1cc(-c2ccc3c(c2)CN(C2CCC(=O)NC2=O)C3=O)nn1. The number of aromatic nitrogens is 4. The highest BCUT2D eigenvalue weighted by molar-refractivity contribution is 6.05. The first-order valence-electron chi connectivity index (χ1n) is 10.8. The van der Waals surface area contributed by atoms with E-state index >= 15 is 0 Å². The molecular weight excluding hydrogens is 424 g/mol. The summed E-state index contributed by atoms with van der Waals surface area (Å²) in [6.45, 7) is 7.02. The summed E-state index contributed by atoms with van der Waals surface area (Å²) in [6, 6.07) is 4.87. The molecule has 0 radical (unpaired) electrons. The van der Waals surface area contributed by atoms with Gasteiger partial charge in [0.2, 0.25) is 11.8 Å². The average Bonchev–Trinajstić information content (AvgIpc) is 3.48. The van der Waals surface area contributed by atoms with Crippen molar-refractivity contribution in [3.05, 3.63) is 53.0 Å². The molecule has 170 valence electrons. The van der Waals surface area contributed by atoms with Gasteiger partial charge in [-0.25, -0.2) is 4.68 Å². The summed E-state index contributed by atoms with van der Waals surface area (Å²) in [5.41, 5.74) is 4.58. The Labute approximate surface area is 189 Å². The predicted molar refractivity (Wildman–Crippen MR) is 116 cm³/mol. The third kappa shape index (κ3) is 3.81. The summed E-state index contributed by atoms with van der Waals surface area (Å²) >= 11 is 0. The lowest BCUT2D eigenvalue weighted by Gasteiger charge is -2.29. The van der Waals surface area contributed by atoms with Crippen molar-refractivity contribution in [1.82, 2.24) is 30.4 Å². The van der Waals surface area contributed by atoms with Gasteiger partial charge in [0.15, 0.2) is 0 Å². The molecule has 2 aromatic heterocycles. The average molecular weight is 448 g/mol. The van der Waals surface area contributed by atoms with Crippen molar-refractivity contribution in [3.63, 3.8) is 0 Å². The quantitative estimate of drug-likeness (QED) is 0.606. The highest BCUT2D eigenvalue weighted by Gasteiger charge is 2.39. The molecule has 3 amide bonds. The first-order chi connectivity index (χ1) is 15.7. The van der Waals surface area contributed by atoms with Crippen LogP contribution in [0.25, 0.3) is 11.3 Å². The molecule has 1 unspecified atom stereocenters. The first-order valence-corrected chi connectivity index (χ1v) is 10.8. The Morgan fingerprint density at radius 2 is 2.03 bits per heavy atom. The molecule has 10 heteroatoms. The van der Waals surface area contributed by atoms with Gasteiger partial charge in [0.05, 0.1) is 18.4 Å². The number of carbonyl (C=O) groups excluding carboxylic acids is 3. The maximum atomic E-state index is 12.9. The van der Waals surface area contributed by atoms with Gasteiger partial charge < -0.3 is 9.42 Å². The largest absolute Gasteiger partial charge is 0.364 e. The number of benzene rings is 1. The van der Waals surface area contributed by atoms with Crippen molar-refractivity contribution in [1.29, 1.82) is 0 Å². The molecule has 4 heterocycles. The number of hydrogen-bond donors (Lipinski definition) is 1. The summed E-state index contributed by atoms with van der Waals surface area (Å²) in [7, 11) is 0. The van der Waals surface area contributed by atoms with Gasteiger partial charge in [-0.1, -0.05) is 37.2 Å². The number of nitrogens with one attached hydrogen (secondary N) is 1. The van der Waals surface area contributed by atoms with E-state index in [2.05, 4.69) is 41.6 Å². The Morgan fingerprint density at radius 1 is 1.21 bits per heavy atom. The minimum absolute atomic E-state index is 0.146. The summed E-state index contributed by atoms with van der Waals surface area (Å²) in [5.74, 6) is -0.914. The van der Waals surface area contributed by atoms with Gasteiger partial charge in [-0.2, -0.15) is 0 Å². The third-order valence-corrected chi connectivity index (χ3v) is 6.04. The number of nitrogens with zero attached hydrogens (tertiary/aromatic N) is 5. The van der Waals surface area contributed by atoms with Crippen LogP contribution in [0.2, 0.25) is 0 Å². The van der Waals surface area contributed by atoms with Crippen molar-refractivity contribution >= 4 is 17.7 Å². The van der Waals surface area contributed by atoms with Gasteiger partial charge >= 0.3 is 0 Å². The monoisotopic (exact) mass is 448 g/mol. The fraction of sp³-hybridized carbons (Fsp3) is 0.391. The van der Waals surface area contributed by atoms with Crippen molar-refractivity contribution in [2.75, 3.05) is 0 Å². The zero-order valence-corrected chi connectivity index (χ0v) is 18.7. The second-order valence-electron chi connectivity index (χ2n) is 9.51. The summed E-state index contributed by atoms with van der Waals surface area (Å²) < 4.78 is 6.90. The van der Waals surface area contributed by atoms with Crippen LogP contribution in [0.15, 0.2) is 35.2 Å². The number of rotatable bonds is 4. The molecule has 0 spiro atoms. The lowest BCUT2D eigenvalue weighted by Crippen LogP contribution is -2.52. The Kier molecular flexibility index (Phi) is 4.88. The molecular formula is C23H24N6O4. The van der Waals surface area contributed by atoms with Crippen molar-refractivity contribution < 1.29 is 18.9 Å². The second-order valence-corrected chi connectivity index (χ2v) is 9.51. The fourth-order valence-corrected chi connectivity index (χ4v) is 4.40. The first kappa shape index (κ1) is 21.0. The van der Waals surface area contributed by atoms with Crippen LogP contribution < -0.4 is 5.32 Å². The van der Waals surface area contributed by atoms with Crippen LogP contribution in [0.4, 0.5) is 0 Å². The standard InChI is InChI=1S/C23H24N6O4/c1-23(2,3)20-15(12-33-26-20)9-28-11-17(25-27-28)13-4-5-16-14(8-13)10-29(22(16)32)18-6-7-19(30)24-21(18)31/h4-5,8,11-12,18H,6-7,9-10H2,1-3H3,(H,24,30,31). The van der Waals surface area contributed by atoms with Crippen LogP contribution >= 0.6 is 0 Å². The highest BCUT2D eigenvalue weighted by atomic mass is 16.5. The summed E-state index contributed by atoms with van der Waals surface area (Å²) in [5, 5.41) is 15.0.